The number of halogens is 1. The highest BCUT2D eigenvalue weighted by atomic mass is 19.1. The van der Waals surface area contributed by atoms with Crippen molar-refractivity contribution in [1.82, 2.24) is 20.6 Å². The van der Waals surface area contributed by atoms with Crippen LogP contribution in [0.2, 0.25) is 0 Å². The molecule has 0 unspecified atom stereocenters. The van der Waals surface area contributed by atoms with Crippen LogP contribution >= 0.6 is 0 Å². The summed E-state index contributed by atoms with van der Waals surface area (Å²) in [7, 11) is 0. The van der Waals surface area contributed by atoms with E-state index in [-0.39, 0.29) is 35.1 Å². The summed E-state index contributed by atoms with van der Waals surface area (Å²) < 4.78 is 29.7. The summed E-state index contributed by atoms with van der Waals surface area (Å²) in [6.45, 7) is 0.895. The second kappa shape index (κ2) is 9.71. The van der Waals surface area contributed by atoms with Crippen LogP contribution in [0.3, 0.4) is 0 Å². The van der Waals surface area contributed by atoms with E-state index in [1.807, 2.05) is 0 Å². The van der Waals surface area contributed by atoms with Crippen LogP contribution in [0.1, 0.15) is 57.7 Å². The molecule has 0 aliphatic heterocycles. The van der Waals surface area contributed by atoms with Gasteiger partial charge in [0.25, 0.3) is 11.8 Å². The number of hydrogen-bond donors (Lipinski definition) is 2. The fraction of sp³-hybridized carbons (Fsp3) is 0.174. The molecule has 2 aromatic carbocycles. The van der Waals surface area contributed by atoms with Crippen molar-refractivity contribution >= 4 is 17.6 Å². The second-order valence-electron chi connectivity index (χ2n) is 6.77. The number of Topliss-reactive ketones (excluding diaryl/α,β-unsaturated/α-hetero) is 1. The van der Waals surface area contributed by atoms with Gasteiger partial charge >= 0.3 is 0 Å². The van der Waals surface area contributed by atoms with Crippen LogP contribution < -0.4 is 10.6 Å². The molecule has 0 fully saturated rings. The van der Waals surface area contributed by atoms with Gasteiger partial charge in [0, 0.05) is 24.7 Å². The standard InChI is InChI=1S/C23H21FN4O3/c1-14-9-17(5-8-19(14)24)12-26-23(31)21-10-20(27-13-28-21)22(30)25-11-16-3-6-18(7-4-16)15(2)29/h3-10,13H,11-12H2,1-2H3,(H,25,30)(H,26,31)/i11D2. The SMILES string of the molecule is [2H]C([2H])(NC(=O)c1cc(C(=O)NCc2ccc(F)c(C)c2)ncn1)c1ccc(C(C)=O)cc1. The Morgan fingerprint density at radius 1 is 0.935 bits per heavy atom. The summed E-state index contributed by atoms with van der Waals surface area (Å²) >= 11 is 0. The van der Waals surface area contributed by atoms with Crippen molar-refractivity contribution in [2.75, 3.05) is 0 Å². The molecule has 8 heteroatoms. The summed E-state index contributed by atoms with van der Waals surface area (Å²) in [5.41, 5.74) is 1.43. The molecular formula is C23H21FN4O3. The minimum absolute atomic E-state index is 0.0830. The molecule has 2 amide bonds. The number of amides is 2. The number of aryl methyl sites for hydroxylation is 1. The Hall–Kier alpha value is -3.94. The zero-order valence-electron chi connectivity index (χ0n) is 18.9. The molecule has 0 aliphatic carbocycles. The minimum atomic E-state index is -2.25. The molecule has 0 atom stereocenters. The maximum Gasteiger partial charge on any atom is 0.270 e. The molecule has 0 saturated carbocycles. The maximum atomic E-state index is 13.4. The van der Waals surface area contributed by atoms with E-state index >= 15 is 0 Å². The first kappa shape index (κ1) is 19.0. The van der Waals surface area contributed by atoms with Crippen molar-refractivity contribution in [2.45, 2.75) is 26.9 Å². The zero-order chi connectivity index (χ0) is 24.2. The van der Waals surface area contributed by atoms with E-state index in [1.54, 1.807) is 19.1 Å². The van der Waals surface area contributed by atoms with Crippen molar-refractivity contribution in [3.05, 3.63) is 94.3 Å². The number of carbonyl (C=O) groups excluding carboxylic acids is 3. The van der Waals surface area contributed by atoms with Crippen molar-refractivity contribution in [3.63, 3.8) is 0 Å². The van der Waals surface area contributed by atoms with E-state index in [2.05, 4.69) is 20.6 Å². The first-order valence-electron chi connectivity index (χ1n) is 10.4. The van der Waals surface area contributed by atoms with Gasteiger partial charge in [0.15, 0.2) is 5.78 Å². The van der Waals surface area contributed by atoms with Crippen LogP contribution in [0.5, 0.6) is 0 Å². The minimum Gasteiger partial charge on any atom is -0.347 e. The van der Waals surface area contributed by atoms with Crippen LogP contribution in [0.25, 0.3) is 0 Å². The first-order chi connectivity index (χ1) is 15.6. The van der Waals surface area contributed by atoms with E-state index in [0.717, 1.165) is 12.4 Å². The van der Waals surface area contributed by atoms with Gasteiger partial charge in [-0.1, -0.05) is 36.4 Å². The molecule has 158 valence electrons. The highest BCUT2D eigenvalue weighted by Gasteiger charge is 2.13. The van der Waals surface area contributed by atoms with E-state index in [4.69, 9.17) is 2.74 Å². The fourth-order valence-corrected chi connectivity index (χ4v) is 2.68. The van der Waals surface area contributed by atoms with Gasteiger partial charge in [-0.2, -0.15) is 0 Å². The lowest BCUT2D eigenvalue weighted by molar-refractivity contribution is 0.0942. The van der Waals surface area contributed by atoms with Crippen LogP contribution in [-0.2, 0) is 13.0 Å². The van der Waals surface area contributed by atoms with Gasteiger partial charge < -0.3 is 10.6 Å². The largest absolute Gasteiger partial charge is 0.347 e. The average Bonchev–Trinajstić information content (AvgIpc) is 2.79. The van der Waals surface area contributed by atoms with Gasteiger partial charge in [-0.25, -0.2) is 14.4 Å². The van der Waals surface area contributed by atoms with E-state index in [1.165, 1.54) is 37.3 Å². The first-order valence-corrected chi connectivity index (χ1v) is 9.36. The van der Waals surface area contributed by atoms with Crippen molar-refractivity contribution < 1.29 is 21.5 Å². The predicted molar refractivity (Wildman–Crippen MR) is 112 cm³/mol. The molecule has 2 N–H and O–H groups in total. The number of rotatable bonds is 7. The Balaban J connectivity index is 1.68. The monoisotopic (exact) mass is 422 g/mol. The van der Waals surface area contributed by atoms with Gasteiger partial charge in [-0.15, -0.1) is 0 Å². The third-order valence-electron chi connectivity index (χ3n) is 4.42. The summed E-state index contributed by atoms with van der Waals surface area (Å²) in [5.74, 6) is -1.92. The number of aromatic nitrogens is 2. The Morgan fingerprint density at radius 3 is 2.16 bits per heavy atom. The molecular weight excluding hydrogens is 399 g/mol. The van der Waals surface area contributed by atoms with Gasteiger partial charge in [0.1, 0.15) is 23.5 Å². The normalized spacial score (nSPS) is 11.8. The molecule has 0 radical (unpaired) electrons. The number of ketones is 1. The van der Waals surface area contributed by atoms with Crippen LogP contribution in [-0.4, -0.2) is 27.6 Å². The van der Waals surface area contributed by atoms with Crippen molar-refractivity contribution in [3.8, 4) is 0 Å². The molecule has 31 heavy (non-hydrogen) atoms. The lowest BCUT2D eigenvalue weighted by Crippen LogP contribution is -2.27. The van der Waals surface area contributed by atoms with Gasteiger partial charge in [0.05, 0.1) is 2.74 Å². The summed E-state index contributed by atoms with van der Waals surface area (Å²) in [4.78, 5) is 44.1. The molecule has 1 heterocycles. The molecule has 7 nitrogen and oxygen atoms in total. The predicted octanol–water partition coefficient (Wildman–Crippen LogP) is 2.99. The number of nitrogens with one attached hydrogen (secondary N) is 2. The molecule has 3 rings (SSSR count). The molecule has 0 bridgehead atoms. The van der Waals surface area contributed by atoms with Gasteiger partial charge in [-0.3, -0.25) is 14.4 Å². The third kappa shape index (κ3) is 5.79. The number of nitrogens with zero attached hydrogens (tertiary/aromatic N) is 2. The molecule has 0 aliphatic rings. The van der Waals surface area contributed by atoms with Crippen molar-refractivity contribution in [1.29, 1.82) is 0 Å². The van der Waals surface area contributed by atoms with Crippen LogP contribution in [0.15, 0.2) is 54.9 Å². The Morgan fingerprint density at radius 2 is 1.55 bits per heavy atom. The third-order valence-corrected chi connectivity index (χ3v) is 4.42. The Labute approximate surface area is 181 Å². The zero-order valence-corrected chi connectivity index (χ0v) is 16.9. The number of benzene rings is 2. The lowest BCUT2D eigenvalue weighted by atomic mass is 10.1. The van der Waals surface area contributed by atoms with Crippen LogP contribution in [0.4, 0.5) is 4.39 Å². The molecule has 0 saturated heterocycles. The Kier molecular flexibility index (Phi) is 5.97. The summed E-state index contributed by atoms with van der Waals surface area (Å²) in [6, 6.07) is 11.4. The van der Waals surface area contributed by atoms with E-state index < -0.39 is 18.3 Å². The van der Waals surface area contributed by atoms with E-state index in [0.29, 0.717) is 16.7 Å². The molecule has 0 spiro atoms. The lowest BCUT2D eigenvalue weighted by Gasteiger charge is -2.08. The highest BCUT2D eigenvalue weighted by molar-refractivity contribution is 5.97. The molecule has 3 aromatic rings. The molecule has 1 aromatic heterocycles. The topological polar surface area (TPSA) is 101 Å². The van der Waals surface area contributed by atoms with Gasteiger partial charge in [0.2, 0.25) is 0 Å². The summed E-state index contributed by atoms with van der Waals surface area (Å²) in [5, 5.41) is 4.86. The van der Waals surface area contributed by atoms with E-state index in [9.17, 15) is 18.8 Å². The maximum absolute atomic E-state index is 13.4. The van der Waals surface area contributed by atoms with Crippen LogP contribution in [0, 0.1) is 12.7 Å². The Bertz CT molecular complexity index is 1220. The highest BCUT2D eigenvalue weighted by Crippen LogP contribution is 2.09. The number of hydrogen-bond acceptors (Lipinski definition) is 5. The summed E-state index contributed by atoms with van der Waals surface area (Å²) in [6.07, 6.45) is 1.03. The fourth-order valence-electron chi connectivity index (χ4n) is 2.68. The second-order valence-corrected chi connectivity index (χ2v) is 6.77. The van der Waals surface area contributed by atoms with Crippen molar-refractivity contribution in [2.24, 2.45) is 0 Å². The average molecular weight is 422 g/mol. The van der Waals surface area contributed by atoms with Gasteiger partial charge in [-0.05, 0) is 36.6 Å². The number of carbonyl (C=O) groups is 3. The smallest absolute Gasteiger partial charge is 0.270 e. The quantitative estimate of drug-likeness (QED) is 0.570.